The van der Waals surface area contributed by atoms with Gasteiger partial charge in [-0.2, -0.15) is 0 Å². The van der Waals surface area contributed by atoms with Gasteiger partial charge in [0.05, 0.1) is 18.5 Å². The molecule has 4 atom stereocenters. The van der Waals surface area contributed by atoms with Crippen LogP contribution in [0.25, 0.3) is 0 Å². The van der Waals surface area contributed by atoms with Gasteiger partial charge in [-0.15, -0.1) is 0 Å². The van der Waals surface area contributed by atoms with Gasteiger partial charge in [-0.1, -0.05) is 60.3 Å². The summed E-state index contributed by atoms with van der Waals surface area (Å²) in [5.74, 6) is -0.691. The molecule has 152 valence electrons. The minimum atomic E-state index is -0.961. The minimum absolute atomic E-state index is 0.0544. The van der Waals surface area contributed by atoms with E-state index in [0.717, 1.165) is 19.3 Å². The number of aldehydes is 1. The Kier molecular flexibility index (Phi) is 12.1. The van der Waals surface area contributed by atoms with E-state index in [1.807, 2.05) is 13.8 Å². The molecule has 0 aliphatic carbocycles. The molecular weight excluding hydrogens is 332 g/mol. The molecule has 0 saturated carbocycles. The van der Waals surface area contributed by atoms with Crippen LogP contribution in [0.1, 0.15) is 73.1 Å². The van der Waals surface area contributed by atoms with E-state index in [1.165, 1.54) is 6.42 Å². The molecule has 6 heteroatoms. The number of aliphatic carboxylic acids is 1. The number of amides is 1. The molecule has 0 aliphatic heterocycles. The van der Waals surface area contributed by atoms with E-state index < -0.39 is 29.9 Å². The molecule has 0 radical (unpaired) electrons. The number of nitrogens with one attached hydrogen (secondary N) is 1. The highest BCUT2D eigenvalue weighted by Crippen LogP contribution is 2.23. The molecule has 1 amide bonds. The molecule has 0 aliphatic rings. The third-order valence-corrected chi connectivity index (χ3v) is 4.93. The van der Waals surface area contributed by atoms with Gasteiger partial charge in [0.25, 0.3) is 0 Å². The number of nitrogens with two attached hydrogens (primary N) is 1. The van der Waals surface area contributed by atoms with Gasteiger partial charge in [0.1, 0.15) is 6.29 Å². The first-order valence-electron chi connectivity index (χ1n) is 9.81. The molecule has 2 unspecified atom stereocenters. The van der Waals surface area contributed by atoms with Crippen molar-refractivity contribution in [2.45, 2.75) is 85.2 Å². The summed E-state index contributed by atoms with van der Waals surface area (Å²) in [7, 11) is 0. The Bertz CT molecular complexity index is 438. The first-order valence-corrected chi connectivity index (χ1v) is 9.81. The summed E-state index contributed by atoms with van der Waals surface area (Å²) in [5.41, 5.74) is 5.82. The highest BCUT2D eigenvalue weighted by molar-refractivity contribution is 5.84. The van der Waals surface area contributed by atoms with Crippen molar-refractivity contribution in [2.24, 2.45) is 29.4 Å². The maximum absolute atomic E-state index is 12.1. The average molecular weight is 371 g/mol. The lowest BCUT2D eigenvalue weighted by molar-refractivity contribution is -0.139. The van der Waals surface area contributed by atoms with Crippen molar-refractivity contribution in [3.8, 4) is 0 Å². The fraction of sp³-hybridized carbons (Fsp3) is 0.850. The normalized spacial score (nSPS) is 16.2. The Balaban J connectivity index is 4.74. The Morgan fingerprint density at radius 3 is 2.12 bits per heavy atom. The second-order valence-electron chi connectivity index (χ2n) is 8.31. The maximum Gasteiger partial charge on any atom is 0.303 e. The van der Waals surface area contributed by atoms with Gasteiger partial charge < -0.3 is 21.0 Å². The monoisotopic (exact) mass is 370 g/mol. The summed E-state index contributed by atoms with van der Waals surface area (Å²) in [6.07, 6.45) is 5.36. The number of carboxylic acid groups (broad SMARTS) is 1. The molecule has 0 rings (SSSR count). The topological polar surface area (TPSA) is 109 Å². The van der Waals surface area contributed by atoms with Gasteiger partial charge >= 0.3 is 5.97 Å². The molecule has 0 aromatic heterocycles. The van der Waals surface area contributed by atoms with Crippen LogP contribution in [-0.4, -0.2) is 35.4 Å². The first kappa shape index (κ1) is 24.6. The SMILES string of the molecule is CC(C)CCCC(C)CCC(CC(=O)O)[C@@H](C=O)NC(=O)[C@@H](N)C(C)C. The molecule has 0 spiro atoms. The molecule has 0 bridgehead atoms. The lowest BCUT2D eigenvalue weighted by Crippen LogP contribution is -2.51. The molecule has 0 saturated heterocycles. The van der Waals surface area contributed by atoms with Crippen molar-refractivity contribution in [1.29, 1.82) is 0 Å². The fourth-order valence-electron chi connectivity index (χ4n) is 2.98. The second kappa shape index (κ2) is 12.8. The van der Waals surface area contributed by atoms with Crippen molar-refractivity contribution in [3.05, 3.63) is 0 Å². The number of hydrogen-bond donors (Lipinski definition) is 3. The molecule has 0 aromatic carbocycles. The van der Waals surface area contributed by atoms with Crippen LogP contribution >= 0.6 is 0 Å². The smallest absolute Gasteiger partial charge is 0.303 e. The lowest BCUT2D eigenvalue weighted by atomic mass is 9.87. The predicted octanol–water partition coefficient (Wildman–Crippen LogP) is 2.99. The summed E-state index contributed by atoms with van der Waals surface area (Å²) in [4.78, 5) is 34.8. The van der Waals surface area contributed by atoms with Crippen molar-refractivity contribution in [3.63, 3.8) is 0 Å². The van der Waals surface area contributed by atoms with E-state index in [2.05, 4.69) is 26.1 Å². The van der Waals surface area contributed by atoms with Gasteiger partial charge in [-0.3, -0.25) is 9.59 Å². The Labute approximate surface area is 158 Å². The van der Waals surface area contributed by atoms with Gasteiger partial charge in [-0.25, -0.2) is 0 Å². The lowest BCUT2D eigenvalue weighted by Gasteiger charge is -2.26. The molecule has 0 heterocycles. The van der Waals surface area contributed by atoms with E-state index in [1.54, 1.807) is 0 Å². The van der Waals surface area contributed by atoms with Crippen molar-refractivity contribution in [1.82, 2.24) is 5.32 Å². The van der Waals surface area contributed by atoms with E-state index >= 15 is 0 Å². The summed E-state index contributed by atoms with van der Waals surface area (Å²) < 4.78 is 0. The summed E-state index contributed by atoms with van der Waals surface area (Å²) in [5, 5.41) is 11.8. The van der Waals surface area contributed by atoms with Crippen LogP contribution in [0.2, 0.25) is 0 Å². The predicted molar refractivity (Wildman–Crippen MR) is 104 cm³/mol. The molecule has 6 nitrogen and oxygen atoms in total. The minimum Gasteiger partial charge on any atom is -0.481 e. The van der Waals surface area contributed by atoms with Gasteiger partial charge in [-0.05, 0) is 30.1 Å². The molecular formula is C20H38N2O4. The van der Waals surface area contributed by atoms with Crippen LogP contribution in [-0.2, 0) is 14.4 Å². The maximum atomic E-state index is 12.1. The Hall–Kier alpha value is -1.43. The van der Waals surface area contributed by atoms with Gasteiger partial charge in [0.15, 0.2) is 0 Å². The van der Waals surface area contributed by atoms with Crippen LogP contribution in [0, 0.1) is 23.7 Å². The van der Waals surface area contributed by atoms with E-state index in [0.29, 0.717) is 24.5 Å². The number of carbonyl (C=O) groups excluding carboxylic acids is 2. The van der Waals surface area contributed by atoms with Crippen LogP contribution in [0.5, 0.6) is 0 Å². The van der Waals surface area contributed by atoms with Crippen LogP contribution < -0.4 is 11.1 Å². The molecule has 26 heavy (non-hydrogen) atoms. The van der Waals surface area contributed by atoms with Gasteiger partial charge in [0, 0.05) is 0 Å². The largest absolute Gasteiger partial charge is 0.481 e. The van der Waals surface area contributed by atoms with Crippen LogP contribution in [0.4, 0.5) is 0 Å². The molecule has 0 aromatic rings. The highest BCUT2D eigenvalue weighted by Gasteiger charge is 2.28. The Morgan fingerprint density at radius 2 is 1.65 bits per heavy atom. The van der Waals surface area contributed by atoms with E-state index in [-0.39, 0.29) is 12.3 Å². The Morgan fingerprint density at radius 1 is 1.04 bits per heavy atom. The quantitative estimate of drug-likeness (QED) is 0.407. The van der Waals surface area contributed by atoms with Crippen LogP contribution in [0.3, 0.4) is 0 Å². The number of rotatable bonds is 14. The number of carbonyl (C=O) groups is 3. The standard InChI is InChI=1S/C20H38N2O4/c1-13(2)7-6-8-15(5)9-10-16(11-18(24)25)17(12-23)22-20(26)19(21)14(3)4/h12-17,19H,6-11,21H2,1-5H3,(H,22,26)(H,24,25)/t15?,16?,17-,19+/m1/s1. The van der Waals surface area contributed by atoms with Crippen LogP contribution in [0.15, 0.2) is 0 Å². The summed E-state index contributed by atoms with van der Waals surface area (Å²) in [6.45, 7) is 10.2. The van der Waals surface area contributed by atoms with Gasteiger partial charge in [0.2, 0.25) is 5.91 Å². The average Bonchev–Trinajstić information content (AvgIpc) is 2.54. The van der Waals surface area contributed by atoms with E-state index in [4.69, 9.17) is 5.73 Å². The zero-order valence-corrected chi connectivity index (χ0v) is 17.0. The summed E-state index contributed by atoms with van der Waals surface area (Å²) in [6, 6.07) is -1.52. The second-order valence-corrected chi connectivity index (χ2v) is 8.31. The van der Waals surface area contributed by atoms with Crippen molar-refractivity contribution < 1.29 is 19.5 Å². The molecule has 4 N–H and O–H groups in total. The van der Waals surface area contributed by atoms with E-state index in [9.17, 15) is 19.5 Å². The first-order chi connectivity index (χ1) is 12.1. The highest BCUT2D eigenvalue weighted by atomic mass is 16.4. The summed E-state index contributed by atoms with van der Waals surface area (Å²) >= 11 is 0. The number of hydrogen-bond acceptors (Lipinski definition) is 4. The zero-order valence-electron chi connectivity index (χ0n) is 17.0. The fourth-order valence-corrected chi connectivity index (χ4v) is 2.98. The zero-order chi connectivity index (χ0) is 20.3. The molecule has 0 fully saturated rings. The van der Waals surface area contributed by atoms with Crippen molar-refractivity contribution >= 4 is 18.2 Å². The number of carboxylic acids is 1. The third-order valence-electron chi connectivity index (χ3n) is 4.93. The van der Waals surface area contributed by atoms with Crippen molar-refractivity contribution in [2.75, 3.05) is 0 Å². The third kappa shape index (κ3) is 10.5.